The van der Waals surface area contributed by atoms with Crippen molar-refractivity contribution < 1.29 is 18.8 Å². The fraction of sp³-hybridized carbons (Fsp3) is 0.286. The summed E-state index contributed by atoms with van der Waals surface area (Å²) in [7, 11) is 0. The molecule has 0 radical (unpaired) electrons. The molecule has 2 rings (SSSR count). The van der Waals surface area contributed by atoms with Crippen molar-refractivity contribution in [3.05, 3.63) is 51.8 Å². The van der Waals surface area contributed by atoms with E-state index in [2.05, 4.69) is 5.10 Å². The number of hydrogen-bond donors (Lipinski definition) is 0. The highest BCUT2D eigenvalue weighted by molar-refractivity contribution is 5.90. The number of nitrogens with zero attached hydrogens (tertiary/aromatic N) is 3. The molecule has 116 valence electrons. The zero-order valence-corrected chi connectivity index (χ0v) is 12.0. The number of aromatic nitrogens is 2. The van der Waals surface area contributed by atoms with E-state index < -0.39 is 17.1 Å². The van der Waals surface area contributed by atoms with E-state index in [4.69, 9.17) is 4.74 Å². The van der Waals surface area contributed by atoms with Gasteiger partial charge in [-0.25, -0.2) is 13.9 Å². The topological polar surface area (TPSA) is 87.3 Å². The van der Waals surface area contributed by atoms with Gasteiger partial charge in [-0.05, 0) is 26.0 Å². The summed E-state index contributed by atoms with van der Waals surface area (Å²) in [5.41, 5.74) is 0.416. The first kappa shape index (κ1) is 15.6. The summed E-state index contributed by atoms with van der Waals surface area (Å²) in [5.74, 6) is -0.657. The minimum Gasteiger partial charge on any atom is -0.462 e. The van der Waals surface area contributed by atoms with Crippen LogP contribution in [-0.2, 0) is 4.74 Å². The van der Waals surface area contributed by atoms with Gasteiger partial charge in [0.2, 0.25) is 0 Å². The first-order valence-corrected chi connectivity index (χ1v) is 6.59. The number of hydrogen-bond acceptors (Lipinski definition) is 5. The molecule has 22 heavy (non-hydrogen) atoms. The van der Waals surface area contributed by atoms with Crippen LogP contribution in [-0.4, -0.2) is 27.3 Å². The van der Waals surface area contributed by atoms with Crippen molar-refractivity contribution >= 4 is 11.7 Å². The van der Waals surface area contributed by atoms with E-state index in [0.717, 1.165) is 0 Å². The molecule has 0 saturated heterocycles. The Labute approximate surface area is 125 Å². The van der Waals surface area contributed by atoms with Crippen LogP contribution in [0, 0.1) is 10.1 Å². The lowest BCUT2D eigenvalue weighted by Crippen LogP contribution is -2.10. The number of nitro benzene ring substituents is 1. The van der Waals surface area contributed by atoms with Crippen LogP contribution in [0.25, 0.3) is 5.69 Å². The molecule has 2 aromatic rings. The lowest BCUT2D eigenvalue weighted by molar-refractivity contribution is -0.384. The zero-order valence-electron chi connectivity index (χ0n) is 12.0. The van der Waals surface area contributed by atoms with E-state index in [9.17, 15) is 19.3 Å². The number of benzene rings is 1. The predicted octanol–water partition coefficient (Wildman–Crippen LogP) is 2.99. The molecule has 0 spiro atoms. The van der Waals surface area contributed by atoms with E-state index in [1.54, 1.807) is 6.92 Å². The van der Waals surface area contributed by atoms with Crippen molar-refractivity contribution in [2.24, 2.45) is 0 Å². The van der Waals surface area contributed by atoms with Crippen LogP contribution in [0.1, 0.15) is 36.1 Å². The molecule has 1 heterocycles. The maximum absolute atomic E-state index is 13.9. The third kappa shape index (κ3) is 2.95. The molecule has 1 aromatic heterocycles. The third-order valence-electron chi connectivity index (χ3n) is 2.98. The summed E-state index contributed by atoms with van der Waals surface area (Å²) in [6.07, 6.45) is -0.234. The molecule has 0 bridgehead atoms. The molecule has 0 amide bonds. The Kier molecular flexibility index (Phi) is 4.50. The van der Waals surface area contributed by atoms with Crippen LogP contribution in [0.3, 0.4) is 0 Å². The summed E-state index contributed by atoms with van der Waals surface area (Å²) < 4.78 is 20.0. The minimum absolute atomic E-state index is 0.0372. The normalized spacial score (nSPS) is 12.0. The Balaban J connectivity index is 2.47. The van der Waals surface area contributed by atoms with Gasteiger partial charge in [-0.3, -0.25) is 10.1 Å². The lowest BCUT2D eigenvalue weighted by atomic mass is 10.2. The number of carbonyl (C=O) groups is 1. The Morgan fingerprint density at radius 3 is 2.59 bits per heavy atom. The van der Waals surface area contributed by atoms with Gasteiger partial charge in [-0.1, -0.05) is 0 Å². The van der Waals surface area contributed by atoms with E-state index in [1.165, 1.54) is 42.1 Å². The first-order chi connectivity index (χ1) is 10.5. The summed E-state index contributed by atoms with van der Waals surface area (Å²) in [6.45, 7) is 3.10. The van der Waals surface area contributed by atoms with Crippen molar-refractivity contribution in [2.75, 3.05) is 6.61 Å². The largest absolute Gasteiger partial charge is 0.462 e. The second-order valence-electron chi connectivity index (χ2n) is 4.47. The number of carbonyl (C=O) groups excluding carboxylic acids is 1. The van der Waals surface area contributed by atoms with Gasteiger partial charge in [0.15, 0.2) is 0 Å². The number of alkyl halides is 1. The number of nitro groups is 1. The van der Waals surface area contributed by atoms with Gasteiger partial charge in [-0.2, -0.15) is 5.10 Å². The van der Waals surface area contributed by atoms with Crippen molar-refractivity contribution in [1.82, 2.24) is 9.78 Å². The maximum atomic E-state index is 13.9. The van der Waals surface area contributed by atoms with Crippen LogP contribution < -0.4 is 0 Å². The van der Waals surface area contributed by atoms with Crippen molar-refractivity contribution in [3.63, 3.8) is 0 Å². The van der Waals surface area contributed by atoms with Crippen LogP contribution in [0.2, 0.25) is 0 Å². The molecule has 0 N–H and O–H groups in total. The predicted molar refractivity (Wildman–Crippen MR) is 75.7 cm³/mol. The molecule has 1 unspecified atom stereocenters. The number of non-ortho nitro benzene ring substituents is 1. The molecular formula is C14H14FN3O4. The van der Waals surface area contributed by atoms with Gasteiger partial charge in [0, 0.05) is 12.1 Å². The van der Waals surface area contributed by atoms with Crippen LogP contribution >= 0.6 is 0 Å². The standard InChI is InChI=1S/C14H14FN3O4/c1-3-22-14(19)12-8-16-17(13(12)9(2)15)10-4-6-11(7-5-10)18(20)21/h4-9H,3H2,1-2H3. The average molecular weight is 307 g/mol. The molecule has 1 atom stereocenters. The summed E-state index contributed by atoms with van der Waals surface area (Å²) in [5, 5.41) is 14.6. The number of rotatable bonds is 5. The van der Waals surface area contributed by atoms with Gasteiger partial charge in [0.05, 0.1) is 29.1 Å². The van der Waals surface area contributed by atoms with E-state index in [-0.39, 0.29) is 23.6 Å². The highest BCUT2D eigenvalue weighted by Crippen LogP contribution is 2.25. The van der Waals surface area contributed by atoms with Crippen LogP contribution in [0.5, 0.6) is 0 Å². The summed E-state index contributed by atoms with van der Waals surface area (Å²) in [4.78, 5) is 21.9. The van der Waals surface area contributed by atoms with Gasteiger partial charge in [-0.15, -0.1) is 0 Å². The molecule has 0 saturated carbocycles. The fourth-order valence-electron chi connectivity index (χ4n) is 2.03. The maximum Gasteiger partial charge on any atom is 0.341 e. The highest BCUT2D eigenvalue weighted by atomic mass is 19.1. The Hall–Kier alpha value is -2.77. The van der Waals surface area contributed by atoms with E-state index in [0.29, 0.717) is 5.69 Å². The monoisotopic (exact) mass is 307 g/mol. The highest BCUT2D eigenvalue weighted by Gasteiger charge is 2.24. The molecule has 0 aliphatic carbocycles. The number of halogens is 1. The third-order valence-corrected chi connectivity index (χ3v) is 2.98. The quantitative estimate of drug-likeness (QED) is 0.481. The van der Waals surface area contributed by atoms with E-state index in [1.807, 2.05) is 0 Å². The van der Waals surface area contributed by atoms with Crippen LogP contribution in [0.15, 0.2) is 30.5 Å². The first-order valence-electron chi connectivity index (χ1n) is 6.59. The van der Waals surface area contributed by atoms with Crippen molar-refractivity contribution in [3.8, 4) is 5.69 Å². The summed E-state index contributed by atoms with van der Waals surface area (Å²) >= 11 is 0. The Morgan fingerprint density at radius 2 is 2.09 bits per heavy atom. The molecule has 0 aliphatic rings. The molecule has 8 heteroatoms. The Bertz CT molecular complexity index is 695. The fourth-order valence-corrected chi connectivity index (χ4v) is 2.03. The summed E-state index contributed by atoms with van der Waals surface area (Å²) in [6, 6.07) is 5.44. The lowest BCUT2D eigenvalue weighted by Gasteiger charge is -2.10. The SMILES string of the molecule is CCOC(=O)c1cnn(-c2ccc([N+](=O)[O-])cc2)c1C(C)F. The number of ether oxygens (including phenoxy) is 1. The van der Waals surface area contributed by atoms with Gasteiger partial charge >= 0.3 is 5.97 Å². The minimum atomic E-state index is -1.46. The zero-order chi connectivity index (χ0) is 16.3. The molecule has 1 aromatic carbocycles. The second-order valence-corrected chi connectivity index (χ2v) is 4.47. The molecule has 0 fully saturated rings. The van der Waals surface area contributed by atoms with Gasteiger partial charge in [0.1, 0.15) is 11.7 Å². The Morgan fingerprint density at radius 1 is 1.45 bits per heavy atom. The smallest absolute Gasteiger partial charge is 0.341 e. The van der Waals surface area contributed by atoms with Crippen LogP contribution in [0.4, 0.5) is 10.1 Å². The van der Waals surface area contributed by atoms with Crippen molar-refractivity contribution in [2.45, 2.75) is 20.0 Å². The van der Waals surface area contributed by atoms with Crippen molar-refractivity contribution in [1.29, 1.82) is 0 Å². The van der Waals surface area contributed by atoms with Gasteiger partial charge in [0.25, 0.3) is 5.69 Å². The number of esters is 1. The average Bonchev–Trinajstić information content (AvgIpc) is 2.92. The van der Waals surface area contributed by atoms with E-state index >= 15 is 0 Å². The molecular weight excluding hydrogens is 293 g/mol. The molecule has 7 nitrogen and oxygen atoms in total. The second kappa shape index (κ2) is 6.33. The molecule has 0 aliphatic heterocycles. The van der Waals surface area contributed by atoms with Gasteiger partial charge < -0.3 is 4.74 Å².